The van der Waals surface area contributed by atoms with Gasteiger partial charge in [-0.3, -0.25) is 0 Å². The van der Waals surface area contributed by atoms with Crippen LogP contribution in [0.4, 0.5) is 5.95 Å². The first-order valence-corrected chi connectivity index (χ1v) is 8.44. The maximum Gasteiger partial charge on any atom is 0.264 e. The lowest BCUT2D eigenvalue weighted by molar-refractivity contribution is 0.847. The minimum atomic E-state index is 0.397. The summed E-state index contributed by atoms with van der Waals surface area (Å²) in [6.07, 6.45) is 1.70. The molecule has 1 heterocycles. The Morgan fingerprint density at radius 2 is 1.88 bits per heavy atom. The van der Waals surface area contributed by atoms with Crippen molar-refractivity contribution < 1.29 is 0 Å². The second-order valence-electron chi connectivity index (χ2n) is 5.23. The third-order valence-corrected chi connectivity index (χ3v) is 4.35. The van der Waals surface area contributed by atoms with E-state index in [1.807, 2.05) is 30.3 Å². The summed E-state index contributed by atoms with van der Waals surface area (Å²) in [6, 6.07) is 18.2. The summed E-state index contributed by atoms with van der Waals surface area (Å²) in [5.41, 5.74) is 6.25. The van der Waals surface area contributed by atoms with Gasteiger partial charge in [0.1, 0.15) is 0 Å². The second kappa shape index (κ2) is 7.65. The molecular weight excluding hydrogens is 320 g/mol. The van der Waals surface area contributed by atoms with E-state index in [1.54, 1.807) is 6.21 Å². The van der Waals surface area contributed by atoms with Gasteiger partial charge in [0.15, 0.2) is 0 Å². The summed E-state index contributed by atoms with van der Waals surface area (Å²) in [5, 5.41) is 12.9. The fourth-order valence-electron chi connectivity index (χ4n) is 1.99. The topological polar surface area (TPSA) is 81.1 Å². The molecule has 0 saturated carbocycles. The van der Waals surface area contributed by atoms with Gasteiger partial charge in [-0.2, -0.15) is 5.10 Å². The van der Waals surface area contributed by atoms with Gasteiger partial charge in [-0.25, -0.2) is 10.1 Å². The molecule has 0 aliphatic rings. The molecule has 7 heteroatoms. The number of nitrogen functional groups attached to an aromatic ring is 1. The lowest BCUT2D eigenvalue weighted by Crippen LogP contribution is -2.13. The van der Waals surface area contributed by atoms with Crippen LogP contribution in [0.5, 0.6) is 0 Å². The Bertz CT molecular complexity index is 811. The average Bonchev–Trinajstić information content (AvgIpc) is 2.96. The summed E-state index contributed by atoms with van der Waals surface area (Å²) in [6.45, 7) is 2.07. The number of nitrogens with one attached hydrogen (secondary N) is 1. The normalized spacial score (nSPS) is 11.0. The van der Waals surface area contributed by atoms with Crippen LogP contribution in [-0.4, -0.2) is 21.1 Å². The number of nitrogens with two attached hydrogens (primary N) is 1. The van der Waals surface area contributed by atoms with Crippen molar-refractivity contribution >= 4 is 23.9 Å². The van der Waals surface area contributed by atoms with Crippen molar-refractivity contribution in [1.82, 2.24) is 14.9 Å². The molecule has 24 heavy (non-hydrogen) atoms. The Morgan fingerprint density at radius 3 is 2.62 bits per heavy atom. The van der Waals surface area contributed by atoms with Gasteiger partial charge >= 0.3 is 0 Å². The van der Waals surface area contributed by atoms with Gasteiger partial charge in [-0.05, 0) is 18.1 Å². The first kappa shape index (κ1) is 16.1. The van der Waals surface area contributed by atoms with E-state index in [9.17, 15) is 0 Å². The van der Waals surface area contributed by atoms with E-state index in [0.717, 1.165) is 11.3 Å². The molecule has 6 nitrogen and oxygen atoms in total. The monoisotopic (exact) mass is 338 g/mol. The van der Waals surface area contributed by atoms with Gasteiger partial charge < -0.3 is 5.84 Å². The number of aryl methyl sites for hydroxylation is 1. The second-order valence-corrected chi connectivity index (χ2v) is 6.17. The molecule has 1 aromatic heterocycles. The molecule has 0 aliphatic heterocycles. The van der Waals surface area contributed by atoms with Crippen molar-refractivity contribution in [3.63, 3.8) is 0 Å². The quantitative estimate of drug-likeness (QED) is 0.312. The largest absolute Gasteiger partial charge is 0.334 e. The van der Waals surface area contributed by atoms with E-state index in [2.05, 4.69) is 51.9 Å². The summed E-state index contributed by atoms with van der Waals surface area (Å²) < 4.78 is 1.40. The molecule has 0 fully saturated rings. The zero-order chi connectivity index (χ0) is 16.8. The number of hydrogen-bond donors (Lipinski definition) is 2. The third kappa shape index (κ3) is 4.14. The lowest BCUT2D eigenvalue weighted by Gasteiger charge is -2.03. The smallest absolute Gasteiger partial charge is 0.264 e. The molecular formula is C17H18N6S. The number of rotatable bonds is 6. The van der Waals surface area contributed by atoms with Crippen molar-refractivity contribution in [2.24, 2.45) is 5.10 Å². The van der Waals surface area contributed by atoms with Gasteiger partial charge in [0, 0.05) is 5.75 Å². The maximum atomic E-state index is 6.01. The molecule has 0 radical (unpaired) electrons. The van der Waals surface area contributed by atoms with Crippen molar-refractivity contribution in [2.45, 2.75) is 17.8 Å². The molecule has 0 amide bonds. The molecule has 0 bridgehead atoms. The Kier molecular flexibility index (Phi) is 5.12. The van der Waals surface area contributed by atoms with Crippen LogP contribution < -0.4 is 11.3 Å². The van der Waals surface area contributed by atoms with Crippen molar-refractivity contribution in [3.8, 4) is 0 Å². The highest BCUT2D eigenvalue weighted by molar-refractivity contribution is 7.98. The molecule has 0 spiro atoms. The molecule has 3 N–H and O–H groups in total. The highest BCUT2D eigenvalue weighted by Crippen LogP contribution is 2.21. The van der Waals surface area contributed by atoms with E-state index < -0.39 is 0 Å². The maximum absolute atomic E-state index is 6.01. The number of anilines is 1. The Labute approximate surface area is 144 Å². The molecule has 3 rings (SSSR count). The SMILES string of the molecule is Cc1ccc(CSc2nnc(N/N=C/c3ccccc3)n2N)cc1. The van der Waals surface area contributed by atoms with Gasteiger partial charge in [0.05, 0.1) is 6.21 Å². The number of aromatic nitrogens is 3. The van der Waals surface area contributed by atoms with Crippen molar-refractivity contribution in [1.29, 1.82) is 0 Å². The van der Waals surface area contributed by atoms with Crippen molar-refractivity contribution in [2.75, 3.05) is 11.3 Å². The summed E-state index contributed by atoms with van der Waals surface area (Å²) in [4.78, 5) is 0. The Balaban J connectivity index is 1.59. The molecule has 0 unspecified atom stereocenters. The zero-order valence-corrected chi connectivity index (χ0v) is 14.1. The van der Waals surface area contributed by atoms with E-state index >= 15 is 0 Å². The Hall–Kier alpha value is -2.80. The fourth-order valence-corrected chi connectivity index (χ4v) is 2.80. The van der Waals surface area contributed by atoms with E-state index in [0.29, 0.717) is 11.1 Å². The molecule has 0 saturated heterocycles. The standard InChI is InChI=1S/C17H18N6S/c1-13-7-9-15(10-8-13)12-24-17-22-21-16(23(17)18)20-19-11-14-5-3-2-4-6-14/h2-11H,12,18H2,1H3,(H,20,21)/b19-11+. The van der Waals surface area contributed by atoms with Crippen LogP contribution in [0.15, 0.2) is 64.9 Å². The summed E-state index contributed by atoms with van der Waals surface area (Å²) in [7, 11) is 0. The molecule has 122 valence electrons. The summed E-state index contributed by atoms with van der Waals surface area (Å²) in [5.74, 6) is 7.18. The molecule has 0 aliphatic carbocycles. The number of hydrazone groups is 1. The minimum absolute atomic E-state index is 0.397. The third-order valence-electron chi connectivity index (χ3n) is 3.33. The van der Waals surface area contributed by atoms with Crippen LogP contribution in [0.2, 0.25) is 0 Å². The number of nitrogens with zero attached hydrogens (tertiary/aromatic N) is 4. The van der Waals surface area contributed by atoms with Gasteiger partial charge in [-0.1, -0.05) is 71.9 Å². The highest BCUT2D eigenvalue weighted by atomic mass is 32.2. The van der Waals surface area contributed by atoms with Gasteiger partial charge in [0.25, 0.3) is 5.95 Å². The van der Waals surface area contributed by atoms with E-state index in [1.165, 1.54) is 27.6 Å². The number of hydrogen-bond acceptors (Lipinski definition) is 6. The van der Waals surface area contributed by atoms with Crippen LogP contribution in [0.3, 0.4) is 0 Å². The minimum Gasteiger partial charge on any atom is -0.334 e. The number of benzene rings is 2. The summed E-state index contributed by atoms with van der Waals surface area (Å²) >= 11 is 1.53. The predicted molar refractivity (Wildman–Crippen MR) is 98.6 cm³/mol. The average molecular weight is 338 g/mol. The van der Waals surface area contributed by atoms with Crippen LogP contribution in [0, 0.1) is 6.92 Å². The van der Waals surface area contributed by atoms with Crippen LogP contribution in [-0.2, 0) is 5.75 Å². The molecule has 0 atom stereocenters. The fraction of sp³-hybridized carbons (Fsp3) is 0.118. The van der Waals surface area contributed by atoms with E-state index in [4.69, 9.17) is 5.84 Å². The Morgan fingerprint density at radius 1 is 1.12 bits per heavy atom. The van der Waals surface area contributed by atoms with Gasteiger partial charge in [0.2, 0.25) is 5.16 Å². The van der Waals surface area contributed by atoms with Crippen LogP contribution >= 0.6 is 11.8 Å². The molecule has 3 aromatic rings. The van der Waals surface area contributed by atoms with Crippen molar-refractivity contribution in [3.05, 3.63) is 71.3 Å². The highest BCUT2D eigenvalue weighted by Gasteiger charge is 2.09. The zero-order valence-electron chi connectivity index (χ0n) is 13.3. The van der Waals surface area contributed by atoms with Crippen LogP contribution in [0.1, 0.15) is 16.7 Å². The lowest BCUT2D eigenvalue weighted by atomic mass is 10.2. The first-order valence-electron chi connectivity index (χ1n) is 7.45. The predicted octanol–water partition coefficient (Wildman–Crippen LogP) is 3.04. The first-order chi connectivity index (χ1) is 11.7. The number of thioether (sulfide) groups is 1. The van der Waals surface area contributed by atoms with Gasteiger partial charge in [-0.15, -0.1) is 10.2 Å². The van der Waals surface area contributed by atoms with Crippen LogP contribution in [0.25, 0.3) is 0 Å². The molecule has 2 aromatic carbocycles. The van der Waals surface area contributed by atoms with E-state index in [-0.39, 0.29) is 0 Å².